The molecule has 1 fully saturated rings. The quantitative estimate of drug-likeness (QED) is 0.776. The second-order valence-corrected chi connectivity index (χ2v) is 6.58. The molecule has 0 amide bonds. The molecule has 0 spiro atoms. The van der Waals surface area contributed by atoms with E-state index >= 15 is 0 Å². The summed E-state index contributed by atoms with van der Waals surface area (Å²) < 4.78 is 11.8. The van der Waals surface area contributed by atoms with Crippen LogP contribution in [-0.4, -0.2) is 37.7 Å². The minimum Gasteiger partial charge on any atom is -0.490 e. The standard InChI is InChI=1S/C22H27N3O2/c1-2-26-22-16-19(20(10-11-23)25-14-12-24-13-15-25)8-9-21(22)27-17-18-6-4-3-5-7-18/h3-9,16,20,24H,2,10,12-15,17H2,1H3/t20-/m1/s1. The van der Waals surface area contributed by atoms with Gasteiger partial charge in [-0.2, -0.15) is 5.26 Å². The van der Waals surface area contributed by atoms with Crippen LogP contribution in [0.1, 0.15) is 30.5 Å². The normalized spacial score (nSPS) is 15.7. The summed E-state index contributed by atoms with van der Waals surface area (Å²) in [5.41, 5.74) is 2.22. The average Bonchev–Trinajstić information content (AvgIpc) is 2.73. The van der Waals surface area contributed by atoms with Crippen LogP contribution in [0.15, 0.2) is 48.5 Å². The maximum atomic E-state index is 9.32. The lowest BCUT2D eigenvalue weighted by molar-refractivity contribution is 0.175. The molecule has 0 radical (unpaired) electrons. The van der Waals surface area contributed by atoms with E-state index in [9.17, 15) is 5.26 Å². The van der Waals surface area contributed by atoms with Crippen LogP contribution in [0.4, 0.5) is 0 Å². The Balaban J connectivity index is 1.79. The lowest BCUT2D eigenvalue weighted by atomic mass is 10.0. The molecule has 0 aromatic heterocycles. The first-order valence-corrected chi connectivity index (χ1v) is 9.57. The van der Waals surface area contributed by atoms with Crippen LogP contribution in [0.3, 0.4) is 0 Å². The Morgan fingerprint density at radius 3 is 2.56 bits per heavy atom. The number of rotatable bonds is 8. The van der Waals surface area contributed by atoms with Gasteiger partial charge in [0.1, 0.15) is 6.61 Å². The van der Waals surface area contributed by atoms with E-state index in [1.165, 1.54) is 0 Å². The molecule has 2 aromatic rings. The first-order valence-electron chi connectivity index (χ1n) is 9.57. The summed E-state index contributed by atoms with van der Waals surface area (Å²) in [7, 11) is 0. The molecule has 5 heteroatoms. The van der Waals surface area contributed by atoms with Gasteiger partial charge >= 0.3 is 0 Å². The van der Waals surface area contributed by atoms with Gasteiger partial charge in [0, 0.05) is 32.2 Å². The first kappa shape index (κ1) is 19.2. The van der Waals surface area contributed by atoms with E-state index in [0.717, 1.165) is 48.8 Å². The molecule has 1 atom stereocenters. The van der Waals surface area contributed by atoms with Gasteiger partial charge in [0.05, 0.1) is 19.1 Å². The summed E-state index contributed by atoms with van der Waals surface area (Å²) in [6, 6.07) is 18.6. The largest absolute Gasteiger partial charge is 0.490 e. The summed E-state index contributed by atoms with van der Waals surface area (Å²) in [4.78, 5) is 2.37. The van der Waals surface area contributed by atoms with E-state index in [2.05, 4.69) is 22.4 Å². The van der Waals surface area contributed by atoms with Crippen LogP contribution in [0.25, 0.3) is 0 Å². The molecule has 0 unspecified atom stereocenters. The van der Waals surface area contributed by atoms with E-state index in [-0.39, 0.29) is 6.04 Å². The van der Waals surface area contributed by atoms with Gasteiger partial charge in [0.2, 0.25) is 0 Å². The minimum atomic E-state index is 0.0829. The molecular formula is C22H27N3O2. The zero-order valence-corrected chi connectivity index (χ0v) is 15.9. The molecule has 2 aromatic carbocycles. The Kier molecular flexibility index (Phi) is 7.09. The van der Waals surface area contributed by atoms with E-state index < -0.39 is 0 Å². The number of nitrogens with zero attached hydrogens (tertiary/aromatic N) is 2. The number of nitrogens with one attached hydrogen (secondary N) is 1. The molecule has 1 saturated heterocycles. The predicted octanol–water partition coefficient (Wildman–Crippen LogP) is 3.52. The maximum absolute atomic E-state index is 9.32. The topological polar surface area (TPSA) is 57.5 Å². The van der Waals surface area contributed by atoms with Crippen molar-refractivity contribution in [3.8, 4) is 17.6 Å². The first-order chi connectivity index (χ1) is 13.3. The van der Waals surface area contributed by atoms with Crippen LogP contribution in [0.5, 0.6) is 11.5 Å². The highest BCUT2D eigenvalue weighted by Crippen LogP contribution is 2.34. The fraction of sp³-hybridized carbons (Fsp3) is 0.409. The van der Waals surface area contributed by atoms with Crippen molar-refractivity contribution in [2.45, 2.75) is 26.0 Å². The Hall–Kier alpha value is -2.55. The lowest BCUT2D eigenvalue weighted by Gasteiger charge is -2.34. The predicted molar refractivity (Wildman–Crippen MR) is 106 cm³/mol. The monoisotopic (exact) mass is 365 g/mol. The van der Waals surface area contributed by atoms with Crippen molar-refractivity contribution in [2.24, 2.45) is 0 Å². The van der Waals surface area contributed by atoms with E-state index in [0.29, 0.717) is 19.6 Å². The number of benzene rings is 2. The zero-order chi connectivity index (χ0) is 18.9. The van der Waals surface area contributed by atoms with Gasteiger partial charge < -0.3 is 14.8 Å². The Morgan fingerprint density at radius 2 is 1.85 bits per heavy atom. The van der Waals surface area contributed by atoms with Gasteiger partial charge in [-0.25, -0.2) is 0 Å². The Morgan fingerprint density at radius 1 is 1.07 bits per heavy atom. The van der Waals surface area contributed by atoms with E-state index in [1.54, 1.807) is 0 Å². The fourth-order valence-electron chi connectivity index (χ4n) is 3.39. The number of ether oxygens (including phenoxy) is 2. The summed E-state index contributed by atoms with van der Waals surface area (Å²) in [6.07, 6.45) is 0.468. The highest BCUT2D eigenvalue weighted by molar-refractivity contribution is 5.44. The third-order valence-electron chi connectivity index (χ3n) is 4.77. The molecule has 5 nitrogen and oxygen atoms in total. The van der Waals surface area contributed by atoms with Crippen molar-refractivity contribution >= 4 is 0 Å². The van der Waals surface area contributed by atoms with Crippen LogP contribution in [0.2, 0.25) is 0 Å². The molecule has 1 aliphatic rings. The Bertz CT molecular complexity index is 752. The van der Waals surface area contributed by atoms with Gasteiger partial charge in [-0.05, 0) is 30.2 Å². The molecule has 1 heterocycles. The minimum absolute atomic E-state index is 0.0829. The van der Waals surface area contributed by atoms with Gasteiger partial charge in [-0.1, -0.05) is 36.4 Å². The van der Waals surface area contributed by atoms with Crippen molar-refractivity contribution in [3.05, 3.63) is 59.7 Å². The summed E-state index contributed by atoms with van der Waals surface area (Å²) in [5.74, 6) is 1.48. The van der Waals surface area contributed by atoms with Gasteiger partial charge in [-0.15, -0.1) is 0 Å². The molecule has 3 rings (SSSR count). The molecule has 0 saturated carbocycles. The van der Waals surface area contributed by atoms with E-state index in [4.69, 9.17) is 9.47 Å². The lowest BCUT2D eigenvalue weighted by Crippen LogP contribution is -2.45. The van der Waals surface area contributed by atoms with Crippen molar-refractivity contribution in [1.29, 1.82) is 5.26 Å². The van der Waals surface area contributed by atoms with Crippen molar-refractivity contribution in [3.63, 3.8) is 0 Å². The molecule has 1 aliphatic heterocycles. The highest BCUT2D eigenvalue weighted by Gasteiger charge is 2.23. The number of hydrogen-bond donors (Lipinski definition) is 1. The summed E-state index contributed by atoms with van der Waals surface area (Å²) in [5, 5.41) is 12.7. The molecule has 142 valence electrons. The Labute approximate surface area is 161 Å². The second-order valence-electron chi connectivity index (χ2n) is 6.58. The van der Waals surface area contributed by atoms with Crippen LogP contribution in [-0.2, 0) is 6.61 Å². The van der Waals surface area contributed by atoms with Crippen LogP contribution >= 0.6 is 0 Å². The van der Waals surface area contributed by atoms with Gasteiger partial charge in [0.15, 0.2) is 11.5 Å². The van der Waals surface area contributed by atoms with E-state index in [1.807, 2.05) is 49.4 Å². The molecular weight excluding hydrogens is 338 g/mol. The number of hydrogen-bond acceptors (Lipinski definition) is 5. The van der Waals surface area contributed by atoms with Crippen LogP contribution in [0, 0.1) is 11.3 Å². The second kappa shape index (κ2) is 9.96. The molecule has 0 bridgehead atoms. The van der Waals surface area contributed by atoms with Crippen LogP contribution < -0.4 is 14.8 Å². The smallest absolute Gasteiger partial charge is 0.161 e. The maximum Gasteiger partial charge on any atom is 0.161 e. The van der Waals surface area contributed by atoms with Crippen molar-refractivity contribution in [1.82, 2.24) is 10.2 Å². The summed E-state index contributed by atoms with van der Waals surface area (Å²) >= 11 is 0. The third kappa shape index (κ3) is 5.22. The SMILES string of the molecule is CCOc1cc([C@@H](CC#N)N2CCNCC2)ccc1OCc1ccccc1. The average molecular weight is 365 g/mol. The zero-order valence-electron chi connectivity index (χ0n) is 15.9. The number of piperazine rings is 1. The molecule has 27 heavy (non-hydrogen) atoms. The molecule has 0 aliphatic carbocycles. The van der Waals surface area contributed by atoms with Crippen molar-refractivity contribution < 1.29 is 9.47 Å². The summed E-state index contributed by atoms with van der Waals surface area (Å²) in [6.45, 7) is 6.85. The fourth-order valence-corrected chi connectivity index (χ4v) is 3.39. The highest BCUT2D eigenvalue weighted by atomic mass is 16.5. The molecule has 1 N–H and O–H groups in total. The third-order valence-corrected chi connectivity index (χ3v) is 4.77. The van der Waals surface area contributed by atoms with Gasteiger partial charge in [0.25, 0.3) is 0 Å². The number of nitriles is 1. The van der Waals surface area contributed by atoms with Gasteiger partial charge in [-0.3, -0.25) is 4.90 Å². The van der Waals surface area contributed by atoms with Crippen molar-refractivity contribution in [2.75, 3.05) is 32.8 Å².